The van der Waals surface area contributed by atoms with Gasteiger partial charge in [0.2, 0.25) is 0 Å². The average Bonchev–Trinajstić information content (AvgIpc) is 2.95. The molecule has 0 amide bonds. The van der Waals surface area contributed by atoms with Crippen molar-refractivity contribution in [3.05, 3.63) is 52.3 Å². The van der Waals surface area contributed by atoms with Crippen LogP contribution in [-0.2, 0) is 0 Å². The van der Waals surface area contributed by atoms with E-state index in [1.54, 1.807) is 22.7 Å². The summed E-state index contributed by atoms with van der Waals surface area (Å²) in [7, 11) is 0. The van der Waals surface area contributed by atoms with Gasteiger partial charge in [-0.15, -0.1) is 22.7 Å². The Labute approximate surface area is 173 Å². The van der Waals surface area contributed by atoms with Crippen LogP contribution in [0.25, 0.3) is 11.4 Å². The Bertz CT molecular complexity index is 1020. The van der Waals surface area contributed by atoms with Gasteiger partial charge in [0.25, 0.3) is 0 Å². The van der Waals surface area contributed by atoms with Crippen LogP contribution in [0.5, 0.6) is 0 Å². The Kier molecular flexibility index (Phi) is 5.41. The largest absolute Gasteiger partial charge is 0.296 e. The molecule has 0 radical (unpaired) electrons. The minimum absolute atomic E-state index is 0.427. The van der Waals surface area contributed by atoms with Crippen LogP contribution in [0.2, 0.25) is 0 Å². The molecule has 6 heteroatoms. The molecule has 2 heterocycles. The molecule has 0 N–H and O–H groups in total. The van der Waals surface area contributed by atoms with Gasteiger partial charge in [0.1, 0.15) is 0 Å². The summed E-state index contributed by atoms with van der Waals surface area (Å²) >= 11 is 14.7. The van der Waals surface area contributed by atoms with E-state index in [0.29, 0.717) is 5.92 Å². The van der Waals surface area contributed by atoms with E-state index in [2.05, 4.69) is 69.7 Å². The van der Waals surface area contributed by atoms with Crippen molar-refractivity contribution in [2.75, 3.05) is 0 Å². The zero-order valence-electron chi connectivity index (χ0n) is 16.3. The van der Waals surface area contributed by atoms with E-state index in [1.165, 1.54) is 43.6 Å². The minimum atomic E-state index is 0.427. The fourth-order valence-corrected chi connectivity index (χ4v) is 6.03. The van der Waals surface area contributed by atoms with Gasteiger partial charge in [-0.25, -0.2) is 0 Å². The van der Waals surface area contributed by atoms with Crippen LogP contribution in [0.3, 0.4) is 0 Å². The van der Waals surface area contributed by atoms with Gasteiger partial charge in [0, 0.05) is 21.1 Å². The molecule has 0 atom stereocenters. The molecular weight excluding hydrogens is 397 g/mol. The first-order chi connectivity index (χ1) is 12.1. The van der Waals surface area contributed by atoms with Crippen molar-refractivity contribution < 1.29 is 0 Å². The van der Waals surface area contributed by atoms with Gasteiger partial charge >= 0.3 is 0 Å². The van der Waals surface area contributed by atoms with Crippen LogP contribution in [0, 0.1) is 42.5 Å². The summed E-state index contributed by atoms with van der Waals surface area (Å²) in [5.74, 6) is 0.427. The summed E-state index contributed by atoms with van der Waals surface area (Å²) in [5, 5.41) is 0. The first-order valence-electron chi connectivity index (χ1n) is 8.66. The molecule has 138 valence electrons. The number of benzene rings is 1. The van der Waals surface area contributed by atoms with E-state index in [9.17, 15) is 0 Å². The van der Waals surface area contributed by atoms with Crippen LogP contribution in [0.1, 0.15) is 52.0 Å². The highest BCUT2D eigenvalue weighted by Crippen LogP contribution is 2.33. The van der Waals surface area contributed by atoms with Crippen LogP contribution in [0.15, 0.2) is 12.1 Å². The Hall–Kier alpha value is -1.08. The Balaban J connectivity index is 2.43. The van der Waals surface area contributed by atoms with Gasteiger partial charge in [-0.3, -0.25) is 9.13 Å². The molecule has 2 aromatic heterocycles. The molecule has 1 aromatic carbocycles. The Morgan fingerprint density at radius 1 is 0.769 bits per heavy atom. The lowest BCUT2D eigenvalue weighted by Crippen LogP contribution is -2.08. The molecule has 0 aliphatic carbocycles. The lowest BCUT2D eigenvalue weighted by molar-refractivity contribution is 0.850. The predicted molar refractivity (Wildman–Crippen MR) is 120 cm³/mol. The molecule has 0 unspecified atom stereocenters. The van der Waals surface area contributed by atoms with Crippen LogP contribution in [0.4, 0.5) is 0 Å². The predicted octanol–water partition coefficient (Wildman–Crippen LogP) is 7.52. The third-order valence-corrected chi connectivity index (χ3v) is 7.84. The molecule has 0 saturated carbocycles. The van der Waals surface area contributed by atoms with Crippen molar-refractivity contribution in [3.8, 4) is 11.4 Å². The number of aromatic nitrogens is 2. The molecule has 0 aliphatic heterocycles. The smallest absolute Gasteiger partial charge is 0.166 e. The third kappa shape index (κ3) is 3.17. The Morgan fingerprint density at radius 2 is 1.15 bits per heavy atom. The Morgan fingerprint density at radius 3 is 1.42 bits per heavy atom. The molecule has 3 rings (SSSR count). The van der Waals surface area contributed by atoms with Crippen molar-refractivity contribution in [1.29, 1.82) is 0 Å². The van der Waals surface area contributed by atoms with Gasteiger partial charge in [0.05, 0.1) is 11.4 Å². The highest BCUT2D eigenvalue weighted by atomic mass is 32.2. The molecule has 0 saturated heterocycles. The fraction of sp³-hybridized carbons (Fsp3) is 0.400. The number of rotatable bonds is 3. The fourth-order valence-electron chi connectivity index (χ4n) is 3.15. The maximum atomic E-state index is 5.68. The highest BCUT2D eigenvalue weighted by Gasteiger charge is 2.18. The number of hydrogen-bond donors (Lipinski definition) is 0. The average molecular weight is 421 g/mol. The SMILES string of the molecule is Cc1sc(=S)n(-c2cc(C(C)C)cc(-n3c(C)c(C)sc3=S)c2C)c1C. The summed E-state index contributed by atoms with van der Waals surface area (Å²) in [6.07, 6.45) is 0. The quantitative estimate of drug-likeness (QED) is 0.405. The van der Waals surface area contributed by atoms with E-state index in [4.69, 9.17) is 24.4 Å². The molecule has 2 nitrogen and oxygen atoms in total. The van der Waals surface area contributed by atoms with E-state index in [-0.39, 0.29) is 0 Å². The van der Waals surface area contributed by atoms with Crippen molar-refractivity contribution in [2.45, 2.75) is 54.4 Å². The monoisotopic (exact) mass is 420 g/mol. The van der Waals surface area contributed by atoms with Crippen molar-refractivity contribution in [1.82, 2.24) is 9.13 Å². The molecule has 0 fully saturated rings. The van der Waals surface area contributed by atoms with Crippen LogP contribution >= 0.6 is 47.1 Å². The standard InChI is InChI=1S/C20H24N2S4/c1-10(2)16-8-17(21-12(4)14(6)25-19(21)23)11(3)18(9-16)22-13(5)15(7)26-20(22)24/h8-10H,1-7H3. The second kappa shape index (κ2) is 7.15. The minimum Gasteiger partial charge on any atom is -0.296 e. The molecular formula is C20H24N2S4. The summed E-state index contributed by atoms with van der Waals surface area (Å²) in [5.41, 5.74) is 7.29. The van der Waals surface area contributed by atoms with Gasteiger partial charge in [0.15, 0.2) is 7.91 Å². The maximum Gasteiger partial charge on any atom is 0.166 e. The van der Waals surface area contributed by atoms with Gasteiger partial charge < -0.3 is 0 Å². The first-order valence-corrected chi connectivity index (χ1v) is 11.1. The molecule has 26 heavy (non-hydrogen) atoms. The van der Waals surface area contributed by atoms with E-state index in [1.807, 2.05) is 0 Å². The summed E-state index contributed by atoms with van der Waals surface area (Å²) < 4.78 is 6.24. The van der Waals surface area contributed by atoms with Gasteiger partial charge in [-0.1, -0.05) is 13.8 Å². The first kappa shape index (κ1) is 19.7. The molecule has 3 aromatic rings. The van der Waals surface area contributed by atoms with E-state index >= 15 is 0 Å². The number of aryl methyl sites for hydroxylation is 2. The molecule has 0 bridgehead atoms. The van der Waals surface area contributed by atoms with Gasteiger partial charge in [-0.2, -0.15) is 0 Å². The normalized spacial score (nSPS) is 11.5. The highest BCUT2D eigenvalue weighted by molar-refractivity contribution is 7.73. The second-order valence-corrected chi connectivity index (χ2v) is 10.7. The summed E-state index contributed by atoms with van der Waals surface area (Å²) in [6, 6.07) is 4.58. The lowest BCUT2D eigenvalue weighted by Gasteiger charge is -2.19. The van der Waals surface area contributed by atoms with Crippen molar-refractivity contribution >= 4 is 47.1 Å². The molecule has 0 aliphatic rings. The van der Waals surface area contributed by atoms with E-state index < -0.39 is 0 Å². The topological polar surface area (TPSA) is 9.86 Å². The second-order valence-electron chi connectivity index (χ2n) is 7.03. The number of thiazole rings is 2. The van der Waals surface area contributed by atoms with E-state index in [0.717, 1.165) is 7.91 Å². The van der Waals surface area contributed by atoms with Crippen LogP contribution < -0.4 is 0 Å². The van der Waals surface area contributed by atoms with Crippen LogP contribution in [-0.4, -0.2) is 9.13 Å². The maximum absolute atomic E-state index is 5.68. The summed E-state index contributed by atoms with van der Waals surface area (Å²) in [4.78, 5) is 2.54. The zero-order valence-corrected chi connectivity index (χ0v) is 19.5. The van der Waals surface area contributed by atoms with Crippen molar-refractivity contribution in [3.63, 3.8) is 0 Å². The van der Waals surface area contributed by atoms with Crippen molar-refractivity contribution in [2.24, 2.45) is 0 Å². The third-order valence-electron chi connectivity index (χ3n) is 5.06. The number of hydrogen-bond acceptors (Lipinski definition) is 4. The number of nitrogens with zero attached hydrogens (tertiary/aromatic N) is 2. The molecule has 0 spiro atoms. The lowest BCUT2D eigenvalue weighted by atomic mass is 9.98. The summed E-state index contributed by atoms with van der Waals surface area (Å²) in [6.45, 7) is 15.2. The van der Waals surface area contributed by atoms with Gasteiger partial charge in [-0.05, 0) is 88.2 Å². The zero-order chi connectivity index (χ0) is 19.3.